The first-order valence-corrected chi connectivity index (χ1v) is 6.30. The van der Waals surface area contributed by atoms with Crippen molar-refractivity contribution in [2.75, 3.05) is 5.32 Å². The summed E-state index contributed by atoms with van der Waals surface area (Å²) in [6.45, 7) is 0.409. The van der Waals surface area contributed by atoms with Crippen molar-refractivity contribution < 1.29 is 15.0 Å². The molecule has 0 amide bonds. The number of nitrogens with one attached hydrogen (secondary N) is 1. The van der Waals surface area contributed by atoms with Crippen LogP contribution in [0.1, 0.15) is 21.5 Å². The van der Waals surface area contributed by atoms with E-state index < -0.39 is 5.97 Å². The maximum absolute atomic E-state index is 11.1. The summed E-state index contributed by atoms with van der Waals surface area (Å²) in [6.07, 6.45) is 0. The van der Waals surface area contributed by atoms with Gasteiger partial charge in [-0.25, -0.2) is 9.78 Å². The van der Waals surface area contributed by atoms with Crippen LogP contribution in [0.3, 0.4) is 0 Å². The molecule has 20 heavy (non-hydrogen) atoms. The molecular weight excluding hydrogens is 280 g/mol. The van der Waals surface area contributed by atoms with Crippen molar-refractivity contribution in [3.8, 4) is 0 Å². The first-order valence-electron chi connectivity index (χ1n) is 5.92. The number of aromatic carboxylic acids is 1. The molecule has 0 saturated carbocycles. The van der Waals surface area contributed by atoms with Crippen molar-refractivity contribution in [2.24, 2.45) is 0 Å². The zero-order valence-electron chi connectivity index (χ0n) is 10.5. The number of hydrogen-bond donors (Lipinski definition) is 3. The molecule has 0 aliphatic rings. The van der Waals surface area contributed by atoms with Gasteiger partial charge in [-0.05, 0) is 23.3 Å². The van der Waals surface area contributed by atoms with Gasteiger partial charge in [-0.1, -0.05) is 35.9 Å². The number of pyridine rings is 1. The van der Waals surface area contributed by atoms with Crippen molar-refractivity contribution in [3.05, 3.63) is 58.2 Å². The van der Waals surface area contributed by atoms with Gasteiger partial charge in [0.15, 0.2) is 0 Å². The Morgan fingerprint density at radius 3 is 2.40 bits per heavy atom. The fourth-order valence-corrected chi connectivity index (χ4v) is 1.84. The Balaban J connectivity index is 2.13. The number of anilines is 1. The number of rotatable bonds is 5. The van der Waals surface area contributed by atoms with E-state index >= 15 is 0 Å². The molecule has 0 aliphatic heterocycles. The predicted octanol–water partition coefficient (Wildman–Crippen LogP) is 2.54. The van der Waals surface area contributed by atoms with Crippen molar-refractivity contribution in [1.82, 2.24) is 4.98 Å². The van der Waals surface area contributed by atoms with E-state index in [2.05, 4.69) is 10.3 Å². The Bertz CT molecular complexity index is 614. The highest BCUT2D eigenvalue weighted by Crippen LogP contribution is 2.17. The maximum atomic E-state index is 11.1. The second kappa shape index (κ2) is 6.36. The lowest BCUT2D eigenvalue weighted by molar-refractivity contribution is 0.0697. The number of carboxylic acid groups (broad SMARTS) is 1. The second-order valence-corrected chi connectivity index (χ2v) is 4.55. The molecule has 1 aromatic heterocycles. The molecule has 6 heteroatoms. The average molecular weight is 293 g/mol. The number of aromatic nitrogens is 1. The zero-order valence-corrected chi connectivity index (χ0v) is 11.3. The van der Waals surface area contributed by atoms with Crippen LogP contribution in [0.25, 0.3) is 0 Å². The van der Waals surface area contributed by atoms with Gasteiger partial charge in [0, 0.05) is 6.54 Å². The highest BCUT2D eigenvalue weighted by Gasteiger charge is 2.11. The Kier molecular flexibility index (Phi) is 4.55. The summed E-state index contributed by atoms with van der Waals surface area (Å²) in [5, 5.41) is 21.2. The van der Waals surface area contributed by atoms with E-state index in [4.69, 9.17) is 21.8 Å². The number of aliphatic hydroxyl groups is 1. The van der Waals surface area contributed by atoms with E-state index in [0.29, 0.717) is 6.54 Å². The van der Waals surface area contributed by atoms with Gasteiger partial charge in [0.05, 0.1) is 6.61 Å². The Hall–Kier alpha value is -2.11. The third-order valence-corrected chi connectivity index (χ3v) is 2.97. The van der Waals surface area contributed by atoms with Crippen LogP contribution in [0.5, 0.6) is 0 Å². The van der Waals surface area contributed by atoms with Gasteiger partial charge in [0.2, 0.25) is 0 Å². The molecule has 0 aliphatic carbocycles. The Morgan fingerprint density at radius 1 is 1.15 bits per heavy atom. The maximum Gasteiger partial charge on any atom is 0.339 e. The Morgan fingerprint density at radius 2 is 1.80 bits per heavy atom. The smallest absolute Gasteiger partial charge is 0.339 e. The molecule has 0 radical (unpaired) electrons. The lowest BCUT2D eigenvalue weighted by Crippen LogP contribution is -2.08. The van der Waals surface area contributed by atoms with Crippen LogP contribution in [0.15, 0.2) is 36.4 Å². The van der Waals surface area contributed by atoms with Crippen LogP contribution in [0, 0.1) is 0 Å². The van der Waals surface area contributed by atoms with E-state index in [1.54, 1.807) is 12.1 Å². The van der Waals surface area contributed by atoms with Crippen LogP contribution in [0.2, 0.25) is 5.15 Å². The summed E-state index contributed by atoms with van der Waals surface area (Å²) in [6, 6.07) is 10.2. The highest BCUT2D eigenvalue weighted by atomic mass is 35.5. The molecule has 0 saturated heterocycles. The summed E-state index contributed by atoms with van der Waals surface area (Å²) >= 11 is 5.77. The zero-order chi connectivity index (χ0) is 14.5. The van der Waals surface area contributed by atoms with Crippen LogP contribution >= 0.6 is 11.6 Å². The number of benzene rings is 1. The number of halogens is 1. The average Bonchev–Trinajstić information content (AvgIpc) is 2.45. The fourth-order valence-electron chi connectivity index (χ4n) is 1.69. The summed E-state index contributed by atoms with van der Waals surface area (Å²) in [5.74, 6) is -0.830. The predicted molar refractivity (Wildman–Crippen MR) is 75.9 cm³/mol. The molecule has 1 aromatic carbocycles. The molecule has 0 bridgehead atoms. The number of carboxylic acids is 1. The van der Waals surface area contributed by atoms with E-state index in [-0.39, 0.29) is 23.1 Å². The standard InChI is InChI=1S/C14H13ClN2O3/c15-12-6-5-11(14(19)20)13(17-12)16-7-9-1-3-10(8-18)4-2-9/h1-6,18H,7-8H2,(H,16,17)(H,19,20). The Labute approximate surface area is 120 Å². The summed E-state index contributed by atoms with van der Waals surface area (Å²) in [7, 11) is 0. The van der Waals surface area contributed by atoms with Gasteiger partial charge in [-0.2, -0.15) is 0 Å². The minimum Gasteiger partial charge on any atom is -0.478 e. The molecule has 0 spiro atoms. The molecule has 0 unspecified atom stereocenters. The first-order chi connectivity index (χ1) is 9.60. The van der Waals surface area contributed by atoms with Gasteiger partial charge in [-0.15, -0.1) is 0 Å². The number of carbonyl (C=O) groups is 1. The van der Waals surface area contributed by atoms with E-state index in [9.17, 15) is 4.79 Å². The summed E-state index contributed by atoms with van der Waals surface area (Å²) in [4.78, 5) is 15.1. The highest BCUT2D eigenvalue weighted by molar-refractivity contribution is 6.29. The molecule has 0 atom stereocenters. The quantitative estimate of drug-likeness (QED) is 0.738. The van der Waals surface area contributed by atoms with E-state index in [0.717, 1.165) is 11.1 Å². The van der Waals surface area contributed by atoms with Gasteiger partial charge >= 0.3 is 5.97 Å². The molecule has 1 heterocycles. The number of aliphatic hydroxyl groups excluding tert-OH is 1. The van der Waals surface area contributed by atoms with Gasteiger partial charge in [0.1, 0.15) is 16.5 Å². The van der Waals surface area contributed by atoms with E-state index in [1.807, 2.05) is 12.1 Å². The minimum atomic E-state index is -1.06. The summed E-state index contributed by atoms with van der Waals surface area (Å²) in [5.41, 5.74) is 1.84. The third-order valence-electron chi connectivity index (χ3n) is 2.76. The van der Waals surface area contributed by atoms with Gasteiger partial charge in [0.25, 0.3) is 0 Å². The lowest BCUT2D eigenvalue weighted by atomic mass is 10.1. The summed E-state index contributed by atoms with van der Waals surface area (Å²) < 4.78 is 0. The van der Waals surface area contributed by atoms with Crippen LogP contribution in [-0.2, 0) is 13.2 Å². The topological polar surface area (TPSA) is 82.5 Å². The largest absolute Gasteiger partial charge is 0.478 e. The molecule has 3 N–H and O–H groups in total. The van der Waals surface area contributed by atoms with Crippen LogP contribution in [-0.4, -0.2) is 21.2 Å². The first kappa shape index (κ1) is 14.3. The molecule has 0 fully saturated rings. The van der Waals surface area contributed by atoms with Crippen LogP contribution in [0.4, 0.5) is 5.82 Å². The third kappa shape index (κ3) is 3.46. The monoisotopic (exact) mass is 292 g/mol. The van der Waals surface area contributed by atoms with Gasteiger partial charge < -0.3 is 15.5 Å². The fraction of sp³-hybridized carbons (Fsp3) is 0.143. The normalized spacial score (nSPS) is 10.3. The van der Waals surface area contributed by atoms with Crippen molar-refractivity contribution >= 4 is 23.4 Å². The molecular formula is C14H13ClN2O3. The molecule has 104 valence electrons. The number of nitrogens with zero attached hydrogens (tertiary/aromatic N) is 1. The molecule has 2 aromatic rings. The second-order valence-electron chi connectivity index (χ2n) is 4.16. The molecule has 2 rings (SSSR count). The minimum absolute atomic E-state index is 0.00722. The van der Waals surface area contributed by atoms with Gasteiger partial charge in [-0.3, -0.25) is 0 Å². The van der Waals surface area contributed by atoms with Crippen molar-refractivity contribution in [3.63, 3.8) is 0 Å². The lowest BCUT2D eigenvalue weighted by Gasteiger charge is -2.09. The van der Waals surface area contributed by atoms with Crippen molar-refractivity contribution in [2.45, 2.75) is 13.2 Å². The van der Waals surface area contributed by atoms with Crippen molar-refractivity contribution in [1.29, 1.82) is 0 Å². The molecule has 5 nitrogen and oxygen atoms in total. The van der Waals surface area contributed by atoms with Crippen LogP contribution < -0.4 is 5.32 Å². The SMILES string of the molecule is O=C(O)c1ccc(Cl)nc1NCc1ccc(CO)cc1. The number of hydrogen-bond acceptors (Lipinski definition) is 4. The van der Waals surface area contributed by atoms with E-state index in [1.165, 1.54) is 12.1 Å².